The van der Waals surface area contributed by atoms with Crippen molar-refractivity contribution >= 4 is 28.9 Å². The molecule has 0 spiro atoms. The lowest BCUT2D eigenvalue weighted by Crippen LogP contribution is -2.35. The quantitative estimate of drug-likeness (QED) is 0.564. The number of esters is 1. The van der Waals surface area contributed by atoms with E-state index in [0.717, 1.165) is 34.3 Å². The predicted molar refractivity (Wildman–Crippen MR) is 122 cm³/mol. The number of hydrogen-bond acceptors (Lipinski definition) is 7. The molecule has 0 bridgehead atoms. The Kier molecular flexibility index (Phi) is 7.56. The van der Waals surface area contributed by atoms with E-state index < -0.39 is 4.75 Å². The van der Waals surface area contributed by atoms with Crippen LogP contribution in [0.2, 0.25) is 0 Å². The van der Waals surface area contributed by atoms with Crippen molar-refractivity contribution in [2.24, 2.45) is 5.92 Å². The molecule has 1 unspecified atom stereocenters. The Bertz CT molecular complexity index is 975. The lowest BCUT2D eigenvalue weighted by molar-refractivity contribution is -0.152. The van der Waals surface area contributed by atoms with Crippen LogP contribution in [0, 0.1) is 5.92 Å². The fourth-order valence-electron chi connectivity index (χ4n) is 3.19. The van der Waals surface area contributed by atoms with Crippen LogP contribution >= 0.6 is 11.8 Å². The van der Waals surface area contributed by atoms with E-state index in [1.54, 1.807) is 27.0 Å². The highest BCUT2D eigenvalue weighted by atomic mass is 32.2. The Hall–Kier alpha value is -2.87. The Labute approximate surface area is 192 Å². The fraction of sp³-hybridized carbons (Fsp3) is 0.417. The summed E-state index contributed by atoms with van der Waals surface area (Å²) in [5.74, 6) is 0.0845. The molecule has 1 aromatic heterocycles. The summed E-state index contributed by atoms with van der Waals surface area (Å²) in [5.41, 5.74) is 2.69. The third kappa shape index (κ3) is 6.09. The standard InChI is InChI=1S/C24H28N2O5S/c1-15(2)21(27)31-16(3)18-7-8-19(25-14-18)11-12-30-20-9-5-17(6-10-20)13-24(4)22(28)26-23(29)32-24/h5-10,14-16H,11-13H2,1-4H3,(H,26,28,29)/t16?,24-/m1/s1. The van der Waals surface area contributed by atoms with E-state index in [4.69, 9.17) is 9.47 Å². The second-order valence-electron chi connectivity index (χ2n) is 8.31. The van der Waals surface area contributed by atoms with Crippen LogP contribution in [0.4, 0.5) is 4.79 Å². The first kappa shape index (κ1) is 23.8. The van der Waals surface area contributed by atoms with Crippen LogP contribution < -0.4 is 10.1 Å². The molecule has 2 aromatic rings. The SMILES string of the molecule is CC(C)C(=O)OC(C)c1ccc(CCOc2ccc(C[C@@]3(C)SC(=O)NC3=O)cc2)nc1. The second-order valence-corrected chi connectivity index (χ2v) is 9.79. The van der Waals surface area contributed by atoms with E-state index >= 15 is 0 Å². The number of thioether (sulfide) groups is 1. The number of carbonyl (C=O) groups excluding carboxylic acids is 3. The Morgan fingerprint density at radius 2 is 1.84 bits per heavy atom. The first-order valence-electron chi connectivity index (χ1n) is 10.6. The molecule has 1 fully saturated rings. The van der Waals surface area contributed by atoms with Crippen molar-refractivity contribution in [2.45, 2.75) is 51.4 Å². The first-order valence-corrected chi connectivity index (χ1v) is 11.4. The van der Waals surface area contributed by atoms with Gasteiger partial charge >= 0.3 is 5.97 Å². The van der Waals surface area contributed by atoms with Crippen molar-refractivity contribution in [1.29, 1.82) is 0 Å². The number of pyridine rings is 1. The maximum Gasteiger partial charge on any atom is 0.308 e. The Morgan fingerprint density at radius 1 is 1.12 bits per heavy atom. The highest BCUT2D eigenvalue weighted by Crippen LogP contribution is 2.34. The zero-order chi connectivity index (χ0) is 23.3. The molecule has 1 aliphatic rings. The highest BCUT2D eigenvalue weighted by molar-refractivity contribution is 8.16. The van der Waals surface area contributed by atoms with E-state index in [1.807, 2.05) is 43.3 Å². The molecule has 32 heavy (non-hydrogen) atoms. The van der Waals surface area contributed by atoms with E-state index in [9.17, 15) is 14.4 Å². The fourth-order valence-corrected chi connectivity index (χ4v) is 4.12. The van der Waals surface area contributed by atoms with Crippen LogP contribution in [-0.2, 0) is 27.2 Å². The van der Waals surface area contributed by atoms with Crippen LogP contribution in [-0.4, -0.2) is 33.5 Å². The minimum Gasteiger partial charge on any atom is -0.493 e. The molecule has 7 nitrogen and oxygen atoms in total. The van der Waals surface area contributed by atoms with Crippen molar-refractivity contribution in [1.82, 2.24) is 10.3 Å². The number of benzene rings is 1. The molecule has 1 N–H and O–H groups in total. The van der Waals surface area contributed by atoms with Crippen LogP contribution in [0.15, 0.2) is 42.6 Å². The average molecular weight is 457 g/mol. The molecule has 2 atom stereocenters. The first-order chi connectivity index (χ1) is 15.2. The van der Waals surface area contributed by atoms with Gasteiger partial charge < -0.3 is 9.47 Å². The normalized spacial score (nSPS) is 19.0. The van der Waals surface area contributed by atoms with Crippen LogP contribution in [0.5, 0.6) is 5.75 Å². The molecule has 2 heterocycles. The van der Waals surface area contributed by atoms with Gasteiger partial charge in [-0.25, -0.2) is 0 Å². The minimum absolute atomic E-state index is 0.163. The van der Waals surface area contributed by atoms with Crippen LogP contribution in [0.25, 0.3) is 0 Å². The molecule has 2 amide bonds. The van der Waals surface area contributed by atoms with E-state index in [2.05, 4.69) is 10.3 Å². The molecule has 3 rings (SSSR count). The molecule has 170 valence electrons. The summed E-state index contributed by atoms with van der Waals surface area (Å²) in [6.07, 6.45) is 2.50. The van der Waals surface area contributed by atoms with Gasteiger partial charge in [0.05, 0.1) is 12.5 Å². The maximum absolute atomic E-state index is 12.0. The molecule has 0 radical (unpaired) electrons. The summed E-state index contributed by atoms with van der Waals surface area (Å²) in [5, 5.41) is 2.04. The van der Waals surface area contributed by atoms with Crippen LogP contribution in [0.1, 0.15) is 50.6 Å². The van der Waals surface area contributed by atoms with Crippen molar-refractivity contribution in [2.75, 3.05) is 6.61 Å². The topological polar surface area (TPSA) is 94.6 Å². The number of nitrogens with one attached hydrogen (secondary N) is 1. The lowest BCUT2D eigenvalue weighted by atomic mass is 9.99. The summed E-state index contributed by atoms with van der Waals surface area (Å²) >= 11 is 1.03. The number of ether oxygens (including phenoxy) is 2. The minimum atomic E-state index is -0.776. The van der Waals surface area contributed by atoms with Gasteiger partial charge in [-0.3, -0.25) is 24.7 Å². The molecule has 1 saturated heterocycles. The molecular formula is C24H28N2O5S. The lowest BCUT2D eigenvalue weighted by Gasteiger charge is -2.18. The molecular weight excluding hydrogens is 428 g/mol. The monoisotopic (exact) mass is 456 g/mol. The van der Waals surface area contributed by atoms with Crippen molar-refractivity contribution in [3.8, 4) is 5.75 Å². The number of nitrogens with zero attached hydrogens (tertiary/aromatic N) is 1. The van der Waals surface area contributed by atoms with Gasteiger partial charge in [-0.1, -0.05) is 32.0 Å². The smallest absolute Gasteiger partial charge is 0.308 e. The third-order valence-corrected chi connectivity index (χ3v) is 6.25. The van der Waals surface area contributed by atoms with Gasteiger partial charge in [0.15, 0.2) is 0 Å². The Morgan fingerprint density at radius 3 is 2.41 bits per heavy atom. The summed E-state index contributed by atoms with van der Waals surface area (Å²) in [7, 11) is 0. The van der Waals surface area contributed by atoms with Gasteiger partial charge in [0.25, 0.3) is 5.24 Å². The van der Waals surface area contributed by atoms with Crippen molar-refractivity contribution in [3.05, 3.63) is 59.4 Å². The number of rotatable bonds is 9. The number of imide groups is 1. The molecule has 1 aliphatic heterocycles. The molecule has 8 heteroatoms. The number of aromatic nitrogens is 1. The summed E-state index contributed by atoms with van der Waals surface area (Å²) in [6.45, 7) is 7.68. The van der Waals surface area contributed by atoms with Crippen molar-refractivity contribution in [3.63, 3.8) is 0 Å². The van der Waals surface area contributed by atoms with E-state index in [0.29, 0.717) is 19.4 Å². The Balaban J connectivity index is 1.47. The zero-order valence-electron chi connectivity index (χ0n) is 18.7. The molecule has 0 saturated carbocycles. The largest absolute Gasteiger partial charge is 0.493 e. The second kappa shape index (κ2) is 10.2. The zero-order valence-corrected chi connectivity index (χ0v) is 19.5. The van der Waals surface area contributed by atoms with E-state index in [-0.39, 0.29) is 29.1 Å². The summed E-state index contributed by atoms with van der Waals surface area (Å²) < 4.78 is 10.4. The third-order valence-electron chi connectivity index (χ3n) is 5.19. The van der Waals surface area contributed by atoms with Gasteiger partial charge in [-0.2, -0.15) is 0 Å². The summed E-state index contributed by atoms with van der Waals surface area (Å²) in [6, 6.07) is 11.4. The van der Waals surface area contributed by atoms with Gasteiger partial charge in [0.1, 0.15) is 16.6 Å². The van der Waals surface area contributed by atoms with Gasteiger partial charge in [-0.05, 0) is 55.8 Å². The maximum atomic E-state index is 12.0. The van der Waals surface area contributed by atoms with Gasteiger partial charge in [0.2, 0.25) is 5.91 Å². The average Bonchev–Trinajstić information content (AvgIpc) is 3.00. The highest BCUT2D eigenvalue weighted by Gasteiger charge is 2.43. The predicted octanol–water partition coefficient (Wildman–Crippen LogP) is 4.25. The van der Waals surface area contributed by atoms with Crippen molar-refractivity contribution < 1.29 is 23.9 Å². The molecule has 1 aromatic carbocycles. The molecule has 0 aliphatic carbocycles. The number of amides is 2. The summed E-state index contributed by atoms with van der Waals surface area (Å²) in [4.78, 5) is 39.6. The number of carbonyl (C=O) groups is 3. The van der Waals surface area contributed by atoms with Crippen LogP contribution in [0.3, 0.4) is 0 Å². The van der Waals surface area contributed by atoms with Gasteiger partial charge in [-0.15, -0.1) is 0 Å². The van der Waals surface area contributed by atoms with E-state index in [1.165, 1.54) is 0 Å². The number of hydrogen-bond donors (Lipinski definition) is 1. The van der Waals surface area contributed by atoms with Gasteiger partial charge in [0, 0.05) is 23.9 Å².